The van der Waals surface area contributed by atoms with E-state index < -0.39 is 9.84 Å². The molecule has 0 saturated carbocycles. The SMILES string of the molecule is COc1cc(N)cc(OCCS(C)(=O)=O)c1. The van der Waals surface area contributed by atoms with Crippen LogP contribution in [0.15, 0.2) is 18.2 Å². The summed E-state index contributed by atoms with van der Waals surface area (Å²) in [4.78, 5) is 0. The van der Waals surface area contributed by atoms with Crippen molar-refractivity contribution in [3.05, 3.63) is 18.2 Å². The van der Waals surface area contributed by atoms with Gasteiger partial charge in [-0.15, -0.1) is 0 Å². The molecular formula is C10H15NO4S. The highest BCUT2D eigenvalue weighted by atomic mass is 32.2. The summed E-state index contributed by atoms with van der Waals surface area (Å²) in [5.41, 5.74) is 6.12. The second kappa shape index (κ2) is 5.07. The van der Waals surface area contributed by atoms with Crippen molar-refractivity contribution in [1.82, 2.24) is 0 Å². The standard InChI is InChI=1S/C10H15NO4S/c1-14-9-5-8(11)6-10(7-9)15-3-4-16(2,12)13/h5-7H,3-4,11H2,1-2H3. The van der Waals surface area contributed by atoms with Crippen LogP contribution < -0.4 is 15.2 Å². The van der Waals surface area contributed by atoms with Gasteiger partial charge in [0.15, 0.2) is 9.84 Å². The second-order valence-corrected chi connectivity index (χ2v) is 5.68. The molecule has 0 atom stereocenters. The zero-order valence-electron chi connectivity index (χ0n) is 9.26. The molecule has 0 unspecified atom stereocenters. The van der Waals surface area contributed by atoms with Gasteiger partial charge in [0.2, 0.25) is 0 Å². The fourth-order valence-corrected chi connectivity index (χ4v) is 1.49. The average Bonchev–Trinajstić information content (AvgIpc) is 2.14. The monoisotopic (exact) mass is 245 g/mol. The van der Waals surface area contributed by atoms with Crippen molar-refractivity contribution in [3.63, 3.8) is 0 Å². The Labute approximate surface area is 95.1 Å². The largest absolute Gasteiger partial charge is 0.497 e. The first-order chi connectivity index (χ1) is 7.40. The maximum Gasteiger partial charge on any atom is 0.150 e. The van der Waals surface area contributed by atoms with Gasteiger partial charge in [0.1, 0.15) is 18.1 Å². The number of nitrogens with two attached hydrogens (primary N) is 1. The third-order valence-electron chi connectivity index (χ3n) is 1.86. The van der Waals surface area contributed by atoms with Crippen molar-refractivity contribution < 1.29 is 17.9 Å². The number of anilines is 1. The van der Waals surface area contributed by atoms with Crippen molar-refractivity contribution in [2.45, 2.75) is 0 Å². The van der Waals surface area contributed by atoms with E-state index in [1.807, 2.05) is 0 Å². The molecule has 0 amide bonds. The van der Waals surface area contributed by atoms with Gasteiger partial charge < -0.3 is 15.2 Å². The highest BCUT2D eigenvalue weighted by molar-refractivity contribution is 7.90. The van der Waals surface area contributed by atoms with Crippen LogP contribution in [0.4, 0.5) is 5.69 Å². The minimum absolute atomic E-state index is 0.0237. The van der Waals surface area contributed by atoms with Gasteiger partial charge in [0.25, 0.3) is 0 Å². The summed E-state index contributed by atoms with van der Waals surface area (Å²) in [5, 5.41) is 0. The average molecular weight is 245 g/mol. The van der Waals surface area contributed by atoms with Gasteiger partial charge in [0.05, 0.1) is 12.9 Å². The number of hydrogen-bond acceptors (Lipinski definition) is 5. The molecule has 16 heavy (non-hydrogen) atoms. The molecule has 0 spiro atoms. The zero-order valence-corrected chi connectivity index (χ0v) is 10.1. The van der Waals surface area contributed by atoms with E-state index in [1.165, 1.54) is 7.11 Å². The van der Waals surface area contributed by atoms with Crippen LogP contribution in [-0.4, -0.2) is 34.1 Å². The van der Waals surface area contributed by atoms with Gasteiger partial charge in [-0.1, -0.05) is 0 Å². The summed E-state index contributed by atoms with van der Waals surface area (Å²) in [5.74, 6) is 1.05. The number of methoxy groups -OCH3 is 1. The molecule has 1 rings (SSSR count). The molecule has 0 fully saturated rings. The van der Waals surface area contributed by atoms with E-state index in [0.717, 1.165) is 6.26 Å². The summed E-state index contributed by atoms with van der Waals surface area (Å²) in [6.07, 6.45) is 1.16. The van der Waals surface area contributed by atoms with Gasteiger partial charge in [-0.2, -0.15) is 0 Å². The molecule has 0 aromatic heterocycles. The fraction of sp³-hybridized carbons (Fsp3) is 0.400. The molecule has 0 aliphatic heterocycles. The minimum atomic E-state index is -3.01. The lowest BCUT2D eigenvalue weighted by Gasteiger charge is -2.08. The lowest BCUT2D eigenvalue weighted by Crippen LogP contribution is -2.12. The number of benzene rings is 1. The van der Waals surface area contributed by atoms with Crippen molar-refractivity contribution >= 4 is 15.5 Å². The van der Waals surface area contributed by atoms with Crippen LogP contribution in [0.5, 0.6) is 11.5 Å². The van der Waals surface area contributed by atoms with E-state index in [9.17, 15) is 8.42 Å². The fourth-order valence-electron chi connectivity index (χ4n) is 1.11. The van der Waals surface area contributed by atoms with Crippen molar-refractivity contribution in [2.75, 3.05) is 31.5 Å². The van der Waals surface area contributed by atoms with Gasteiger partial charge >= 0.3 is 0 Å². The topological polar surface area (TPSA) is 78.6 Å². The first-order valence-corrected chi connectivity index (χ1v) is 6.72. The van der Waals surface area contributed by atoms with Crippen LogP contribution in [-0.2, 0) is 9.84 Å². The van der Waals surface area contributed by atoms with E-state index in [4.69, 9.17) is 15.2 Å². The molecule has 90 valence electrons. The van der Waals surface area contributed by atoms with Crippen LogP contribution in [0.25, 0.3) is 0 Å². The molecule has 0 radical (unpaired) electrons. The molecular weight excluding hydrogens is 230 g/mol. The zero-order chi connectivity index (χ0) is 12.2. The normalized spacial score (nSPS) is 11.1. The highest BCUT2D eigenvalue weighted by Crippen LogP contribution is 2.23. The first kappa shape index (κ1) is 12.6. The molecule has 0 saturated heterocycles. The van der Waals surface area contributed by atoms with Crippen LogP contribution in [0.2, 0.25) is 0 Å². The van der Waals surface area contributed by atoms with Gasteiger partial charge in [-0.05, 0) is 0 Å². The Hall–Kier alpha value is -1.43. The third-order valence-corrected chi connectivity index (χ3v) is 2.77. The quantitative estimate of drug-likeness (QED) is 0.772. The summed E-state index contributed by atoms with van der Waals surface area (Å²) < 4.78 is 32.0. The predicted octanol–water partition coefficient (Wildman–Crippen LogP) is 0.701. The second-order valence-electron chi connectivity index (χ2n) is 3.42. The summed E-state index contributed by atoms with van der Waals surface area (Å²) in [6, 6.07) is 4.92. The Morgan fingerprint density at radius 2 is 1.88 bits per heavy atom. The summed E-state index contributed by atoms with van der Waals surface area (Å²) in [7, 11) is -1.48. The van der Waals surface area contributed by atoms with E-state index in [1.54, 1.807) is 18.2 Å². The molecule has 6 heteroatoms. The van der Waals surface area contributed by atoms with Crippen molar-refractivity contribution in [3.8, 4) is 11.5 Å². The Kier molecular flexibility index (Phi) is 4.00. The predicted molar refractivity (Wildman–Crippen MR) is 62.6 cm³/mol. The van der Waals surface area contributed by atoms with Crippen LogP contribution in [0.1, 0.15) is 0 Å². The van der Waals surface area contributed by atoms with Crippen LogP contribution in [0.3, 0.4) is 0 Å². The van der Waals surface area contributed by atoms with E-state index in [-0.39, 0.29) is 12.4 Å². The number of sulfone groups is 1. The number of rotatable bonds is 5. The highest BCUT2D eigenvalue weighted by Gasteiger charge is 2.04. The van der Waals surface area contributed by atoms with Crippen molar-refractivity contribution in [1.29, 1.82) is 0 Å². The molecule has 0 aliphatic rings. The van der Waals surface area contributed by atoms with Gasteiger partial charge in [0, 0.05) is 30.1 Å². The van der Waals surface area contributed by atoms with Gasteiger partial charge in [-0.3, -0.25) is 0 Å². The molecule has 0 bridgehead atoms. The maximum atomic E-state index is 10.9. The molecule has 5 nitrogen and oxygen atoms in total. The Bertz CT molecular complexity index is 456. The van der Waals surface area contributed by atoms with Crippen LogP contribution >= 0.6 is 0 Å². The van der Waals surface area contributed by atoms with Gasteiger partial charge in [-0.25, -0.2) is 8.42 Å². The van der Waals surface area contributed by atoms with E-state index >= 15 is 0 Å². The number of nitrogen functional groups attached to an aromatic ring is 1. The molecule has 1 aromatic rings. The maximum absolute atomic E-state index is 10.9. The van der Waals surface area contributed by atoms with E-state index in [2.05, 4.69) is 0 Å². The Morgan fingerprint density at radius 1 is 1.25 bits per heavy atom. The Morgan fingerprint density at radius 3 is 2.44 bits per heavy atom. The lowest BCUT2D eigenvalue weighted by atomic mass is 10.3. The van der Waals surface area contributed by atoms with Crippen molar-refractivity contribution in [2.24, 2.45) is 0 Å². The third kappa shape index (κ3) is 4.39. The minimum Gasteiger partial charge on any atom is -0.497 e. The molecule has 0 aliphatic carbocycles. The van der Waals surface area contributed by atoms with E-state index in [0.29, 0.717) is 17.2 Å². The number of hydrogen-bond donors (Lipinski definition) is 1. The first-order valence-electron chi connectivity index (χ1n) is 4.66. The molecule has 1 aromatic carbocycles. The summed E-state index contributed by atoms with van der Waals surface area (Å²) >= 11 is 0. The summed E-state index contributed by atoms with van der Waals surface area (Å²) in [6.45, 7) is 0.103. The molecule has 0 heterocycles. The molecule has 2 N–H and O–H groups in total. The van der Waals surface area contributed by atoms with Crippen LogP contribution in [0, 0.1) is 0 Å². The number of ether oxygens (including phenoxy) is 2. The smallest absolute Gasteiger partial charge is 0.150 e. The lowest BCUT2D eigenvalue weighted by molar-refractivity contribution is 0.337. The Balaban J connectivity index is 2.63.